The van der Waals surface area contributed by atoms with Gasteiger partial charge in [-0.15, -0.1) is 0 Å². The maximum atomic E-state index is 12.6. The van der Waals surface area contributed by atoms with Crippen molar-refractivity contribution in [2.75, 3.05) is 33.9 Å². The van der Waals surface area contributed by atoms with Gasteiger partial charge in [0.1, 0.15) is 5.82 Å². The predicted molar refractivity (Wildman–Crippen MR) is 113 cm³/mol. The van der Waals surface area contributed by atoms with Gasteiger partial charge in [-0.25, -0.2) is 13.4 Å². The van der Waals surface area contributed by atoms with Crippen LogP contribution in [0.2, 0.25) is 0 Å². The minimum absolute atomic E-state index is 0.153. The van der Waals surface area contributed by atoms with Gasteiger partial charge in [-0.2, -0.15) is 0 Å². The van der Waals surface area contributed by atoms with Crippen LogP contribution in [-0.4, -0.2) is 44.7 Å². The van der Waals surface area contributed by atoms with Crippen LogP contribution in [0.5, 0.6) is 0 Å². The first-order valence-electron chi connectivity index (χ1n) is 9.39. The van der Waals surface area contributed by atoms with Crippen molar-refractivity contribution in [2.24, 2.45) is 0 Å². The van der Waals surface area contributed by atoms with E-state index in [4.69, 9.17) is 0 Å². The van der Waals surface area contributed by atoms with Crippen molar-refractivity contribution in [1.82, 2.24) is 4.98 Å². The summed E-state index contributed by atoms with van der Waals surface area (Å²) in [6.07, 6.45) is 3.43. The van der Waals surface area contributed by atoms with Crippen molar-refractivity contribution < 1.29 is 13.2 Å². The van der Waals surface area contributed by atoms with E-state index in [0.717, 1.165) is 24.5 Å². The molecule has 0 saturated heterocycles. The van der Waals surface area contributed by atoms with Gasteiger partial charge < -0.3 is 10.2 Å². The zero-order valence-corrected chi connectivity index (χ0v) is 17.5. The van der Waals surface area contributed by atoms with E-state index < -0.39 is 10.0 Å². The standard InChI is InChI=1S/C20H26N4O3S/c1-5-23(6-2)19-10-8-17(13-21-19)22-20(25)15-7-9-18-16(12-15)11-14(3)24(18)28(4,26)27/h7-10,12-14H,5-6,11H2,1-4H3,(H,22,25). The smallest absolute Gasteiger partial charge is 0.255 e. The van der Waals surface area contributed by atoms with Crippen molar-refractivity contribution in [2.45, 2.75) is 33.2 Å². The molecule has 1 unspecified atom stereocenters. The quantitative estimate of drug-likeness (QED) is 0.803. The van der Waals surface area contributed by atoms with Crippen molar-refractivity contribution in [3.05, 3.63) is 47.7 Å². The summed E-state index contributed by atoms with van der Waals surface area (Å²) in [5.41, 5.74) is 2.62. The number of nitrogens with zero attached hydrogens (tertiary/aromatic N) is 3. The molecule has 1 N–H and O–H groups in total. The Hall–Kier alpha value is -2.61. The van der Waals surface area contributed by atoms with E-state index in [2.05, 4.69) is 29.0 Å². The molecule has 0 aliphatic carbocycles. The van der Waals surface area contributed by atoms with E-state index in [1.54, 1.807) is 24.4 Å². The molecule has 2 aromatic rings. The average Bonchev–Trinajstić information content (AvgIpc) is 2.99. The molecule has 1 amide bonds. The number of sulfonamides is 1. The third kappa shape index (κ3) is 3.96. The first-order chi connectivity index (χ1) is 13.2. The highest BCUT2D eigenvalue weighted by Gasteiger charge is 2.32. The molecule has 3 rings (SSSR count). The molecule has 7 nitrogen and oxygen atoms in total. The van der Waals surface area contributed by atoms with E-state index in [1.165, 1.54) is 10.6 Å². The van der Waals surface area contributed by atoms with Gasteiger partial charge in [-0.1, -0.05) is 0 Å². The number of aromatic nitrogens is 1. The number of nitrogens with one attached hydrogen (secondary N) is 1. The number of anilines is 3. The van der Waals surface area contributed by atoms with Gasteiger partial charge in [0.05, 0.1) is 23.8 Å². The van der Waals surface area contributed by atoms with E-state index >= 15 is 0 Å². The van der Waals surface area contributed by atoms with Gasteiger partial charge in [0.2, 0.25) is 10.0 Å². The first kappa shape index (κ1) is 20.1. The molecule has 1 aromatic heterocycles. The van der Waals surface area contributed by atoms with Gasteiger partial charge in [-0.05, 0) is 63.1 Å². The molecule has 28 heavy (non-hydrogen) atoms. The van der Waals surface area contributed by atoms with E-state index in [1.807, 2.05) is 19.1 Å². The monoisotopic (exact) mass is 402 g/mol. The summed E-state index contributed by atoms with van der Waals surface area (Å²) >= 11 is 0. The van der Waals surface area contributed by atoms with Gasteiger partial charge >= 0.3 is 0 Å². The Morgan fingerprint density at radius 1 is 1.25 bits per heavy atom. The normalized spacial score (nSPS) is 16.0. The summed E-state index contributed by atoms with van der Waals surface area (Å²) < 4.78 is 25.5. The minimum Gasteiger partial charge on any atom is -0.357 e. The topological polar surface area (TPSA) is 82.6 Å². The zero-order valence-electron chi connectivity index (χ0n) is 16.6. The van der Waals surface area contributed by atoms with E-state index in [0.29, 0.717) is 23.4 Å². The van der Waals surface area contributed by atoms with Gasteiger partial charge in [0.15, 0.2) is 0 Å². The first-order valence-corrected chi connectivity index (χ1v) is 11.2. The molecule has 1 atom stereocenters. The average molecular weight is 403 g/mol. The molecule has 0 saturated carbocycles. The fourth-order valence-corrected chi connectivity index (χ4v) is 4.91. The Labute approximate surface area is 166 Å². The molecule has 1 aliphatic heterocycles. The van der Waals surface area contributed by atoms with E-state index in [9.17, 15) is 13.2 Å². The third-order valence-electron chi connectivity index (χ3n) is 4.95. The van der Waals surface area contributed by atoms with Gasteiger partial charge in [-0.3, -0.25) is 9.10 Å². The Morgan fingerprint density at radius 2 is 1.96 bits per heavy atom. The number of benzene rings is 1. The van der Waals surface area contributed by atoms with Crippen molar-refractivity contribution in [1.29, 1.82) is 0 Å². The van der Waals surface area contributed by atoms with Crippen LogP contribution in [0.3, 0.4) is 0 Å². The number of rotatable bonds is 6. The second kappa shape index (κ2) is 7.79. The van der Waals surface area contributed by atoms with Crippen LogP contribution in [0, 0.1) is 0 Å². The second-order valence-electron chi connectivity index (χ2n) is 6.99. The largest absolute Gasteiger partial charge is 0.357 e. The number of carbonyl (C=O) groups is 1. The maximum Gasteiger partial charge on any atom is 0.255 e. The molecule has 0 radical (unpaired) electrons. The van der Waals surface area contributed by atoms with Gasteiger partial charge in [0.25, 0.3) is 5.91 Å². The van der Waals surface area contributed by atoms with Crippen LogP contribution in [-0.2, 0) is 16.4 Å². The molecule has 1 aromatic carbocycles. The predicted octanol–water partition coefficient (Wildman–Crippen LogP) is 2.89. The lowest BCUT2D eigenvalue weighted by molar-refractivity contribution is 0.102. The third-order valence-corrected chi connectivity index (χ3v) is 6.22. The Morgan fingerprint density at radius 3 is 2.54 bits per heavy atom. The number of amides is 1. The highest BCUT2D eigenvalue weighted by Crippen LogP contribution is 2.34. The lowest BCUT2D eigenvalue weighted by Gasteiger charge is -2.22. The van der Waals surface area contributed by atoms with Crippen LogP contribution in [0.25, 0.3) is 0 Å². The molecular formula is C20H26N4O3S. The fraction of sp³-hybridized carbons (Fsp3) is 0.400. The van der Waals surface area contributed by atoms with Crippen molar-refractivity contribution >= 4 is 33.1 Å². The number of carbonyl (C=O) groups excluding carboxylic acids is 1. The molecule has 0 spiro atoms. The van der Waals surface area contributed by atoms with Crippen LogP contribution in [0.1, 0.15) is 36.7 Å². The van der Waals surface area contributed by atoms with Crippen LogP contribution >= 0.6 is 0 Å². The number of fused-ring (bicyclic) bond motifs is 1. The van der Waals surface area contributed by atoms with E-state index in [-0.39, 0.29) is 11.9 Å². The lowest BCUT2D eigenvalue weighted by Crippen LogP contribution is -2.34. The number of hydrogen-bond acceptors (Lipinski definition) is 5. The highest BCUT2D eigenvalue weighted by molar-refractivity contribution is 7.92. The Bertz CT molecular complexity index is 969. The van der Waals surface area contributed by atoms with Crippen LogP contribution < -0.4 is 14.5 Å². The lowest BCUT2D eigenvalue weighted by atomic mass is 10.1. The summed E-state index contributed by atoms with van der Waals surface area (Å²) in [7, 11) is -3.34. The van der Waals surface area contributed by atoms with Crippen LogP contribution in [0.4, 0.5) is 17.2 Å². The summed E-state index contributed by atoms with van der Waals surface area (Å²) in [5.74, 6) is 0.626. The maximum absolute atomic E-state index is 12.6. The van der Waals surface area contributed by atoms with Crippen molar-refractivity contribution in [3.8, 4) is 0 Å². The second-order valence-corrected chi connectivity index (χ2v) is 8.85. The molecule has 0 bridgehead atoms. The summed E-state index contributed by atoms with van der Waals surface area (Å²) in [6, 6.07) is 8.69. The molecular weight excluding hydrogens is 376 g/mol. The number of hydrogen-bond donors (Lipinski definition) is 1. The SMILES string of the molecule is CCN(CC)c1ccc(NC(=O)c2ccc3c(c2)CC(C)N3S(C)(=O)=O)cn1. The molecule has 8 heteroatoms. The molecule has 150 valence electrons. The molecule has 0 fully saturated rings. The Balaban J connectivity index is 1.77. The molecule has 1 aliphatic rings. The number of pyridine rings is 1. The summed E-state index contributed by atoms with van der Waals surface area (Å²) in [5, 5.41) is 2.85. The Kier molecular flexibility index (Phi) is 5.60. The summed E-state index contributed by atoms with van der Waals surface area (Å²) in [4.78, 5) is 19.2. The highest BCUT2D eigenvalue weighted by atomic mass is 32.2. The van der Waals surface area contributed by atoms with Crippen LogP contribution in [0.15, 0.2) is 36.5 Å². The molecule has 2 heterocycles. The van der Waals surface area contributed by atoms with Gasteiger partial charge in [0, 0.05) is 24.7 Å². The van der Waals surface area contributed by atoms with Crippen molar-refractivity contribution in [3.63, 3.8) is 0 Å². The zero-order chi connectivity index (χ0) is 20.5. The fourth-order valence-electron chi connectivity index (χ4n) is 3.65. The minimum atomic E-state index is -3.34. The summed E-state index contributed by atoms with van der Waals surface area (Å²) in [6.45, 7) is 7.74.